The predicted molar refractivity (Wildman–Crippen MR) is 101 cm³/mol. The molecule has 26 heavy (non-hydrogen) atoms. The molecule has 1 saturated carbocycles. The summed E-state index contributed by atoms with van der Waals surface area (Å²) in [6.45, 7) is 8.37. The molecule has 5 heteroatoms. The highest BCUT2D eigenvalue weighted by Gasteiger charge is 2.47. The highest BCUT2D eigenvalue weighted by Crippen LogP contribution is 2.47. The van der Waals surface area contributed by atoms with Crippen LogP contribution in [0.25, 0.3) is 0 Å². The molecule has 5 nitrogen and oxygen atoms in total. The summed E-state index contributed by atoms with van der Waals surface area (Å²) >= 11 is 0. The highest BCUT2D eigenvalue weighted by molar-refractivity contribution is 5.81. The van der Waals surface area contributed by atoms with Gasteiger partial charge in [-0.2, -0.15) is 0 Å². The van der Waals surface area contributed by atoms with Crippen molar-refractivity contribution < 1.29 is 14.3 Å². The Bertz CT molecular complexity index is 667. The molecule has 1 aliphatic carbocycles. The fourth-order valence-corrected chi connectivity index (χ4v) is 4.32. The fraction of sp³-hybridized carbons (Fsp3) is 0.667. The molecular formula is C21H30N2O3. The largest absolute Gasteiger partial charge is 0.486 e. The predicted octanol–water partition coefficient (Wildman–Crippen LogP) is 2.49. The van der Waals surface area contributed by atoms with Crippen molar-refractivity contribution >= 4 is 5.91 Å². The molecule has 0 bridgehead atoms. The van der Waals surface area contributed by atoms with Crippen LogP contribution < -0.4 is 20.1 Å². The second kappa shape index (κ2) is 7.10. The van der Waals surface area contributed by atoms with Crippen LogP contribution >= 0.6 is 0 Å². The zero-order valence-electron chi connectivity index (χ0n) is 15.8. The molecule has 0 spiro atoms. The van der Waals surface area contributed by atoms with Crippen LogP contribution in [0.4, 0.5) is 0 Å². The van der Waals surface area contributed by atoms with E-state index in [1.54, 1.807) is 0 Å². The van der Waals surface area contributed by atoms with Gasteiger partial charge in [-0.1, -0.05) is 19.9 Å². The van der Waals surface area contributed by atoms with Crippen molar-refractivity contribution in [2.45, 2.75) is 38.5 Å². The SMILES string of the molecule is CC(C)(CNC(=O)[C@@H]1C[C@H]1C1CCNCC1)c1ccc2c(c1)OCCO2. The minimum atomic E-state index is -0.148. The second-order valence-electron chi connectivity index (χ2n) is 8.55. The van der Waals surface area contributed by atoms with E-state index in [0.29, 0.717) is 25.7 Å². The molecular weight excluding hydrogens is 328 g/mol. The number of piperidine rings is 1. The monoisotopic (exact) mass is 358 g/mol. The number of amides is 1. The lowest BCUT2D eigenvalue weighted by molar-refractivity contribution is -0.123. The third-order valence-electron chi connectivity index (χ3n) is 6.19. The van der Waals surface area contributed by atoms with E-state index in [9.17, 15) is 4.79 Å². The number of carbonyl (C=O) groups is 1. The first-order valence-corrected chi connectivity index (χ1v) is 9.93. The molecule has 4 rings (SSSR count). The van der Waals surface area contributed by atoms with Crippen molar-refractivity contribution in [2.75, 3.05) is 32.8 Å². The Morgan fingerprint density at radius 1 is 1.19 bits per heavy atom. The van der Waals surface area contributed by atoms with Crippen LogP contribution in [-0.4, -0.2) is 38.8 Å². The lowest BCUT2D eigenvalue weighted by atomic mass is 9.84. The second-order valence-corrected chi connectivity index (χ2v) is 8.55. The van der Waals surface area contributed by atoms with E-state index >= 15 is 0 Å². The Morgan fingerprint density at radius 2 is 1.92 bits per heavy atom. The summed E-state index contributed by atoms with van der Waals surface area (Å²) in [6, 6.07) is 6.10. The Kier molecular flexibility index (Phi) is 4.82. The van der Waals surface area contributed by atoms with Crippen molar-refractivity contribution in [3.05, 3.63) is 23.8 Å². The molecule has 1 amide bonds. The number of rotatable bonds is 5. The lowest BCUT2D eigenvalue weighted by Gasteiger charge is -2.28. The molecule has 1 aromatic carbocycles. The Labute approximate surface area is 155 Å². The van der Waals surface area contributed by atoms with E-state index in [2.05, 4.69) is 36.6 Å². The van der Waals surface area contributed by atoms with Gasteiger partial charge in [0, 0.05) is 17.9 Å². The smallest absolute Gasteiger partial charge is 0.223 e. The average molecular weight is 358 g/mol. The summed E-state index contributed by atoms with van der Waals surface area (Å²) in [5.41, 5.74) is 1.01. The van der Waals surface area contributed by atoms with Gasteiger partial charge in [0.05, 0.1) is 0 Å². The molecule has 0 aromatic heterocycles. The molecule has 0 unspecified atom stereocenters. The van der Waals surface area contributed by atoms with Crippen LogP contribution in [0.15, 0.2) is 18.2 Å². The average Bonchev–Trinajstić information content (AvgIpc) is 3.47. The van der Waals surface area contributed by atoms with Crippen molar-refractivity contribution in [3.63, 3.8) is 0 Å². The van der Waals surface area contributed by atoms with Gasteiger partial charge in [0.15, 0.2) is 11.5 Å². The van der Waals surface area contributed by atoms with Crippen LogP contribution in [0.5, 0.6) is 11.5 Å². The van der Waals surface area contributed by atoms with E-state index in [1.807, 2.05) is 6.07 Å². The van der Waals surface area contributed by atoms with Gasteiger partial charge in [-0.05, 0) is 61.9 Å². The molecule has 2 N–H and O–H groups in total. The topological polar surface area (TPSA) is 59.6 Å². The van der Waals surface area contributed by atoms with Gasteiger partial charge in [-0.3, -0.25) is 4.79 Å². The summed E-state index contributed by atoms with van der Waals surface area (Å²) in [5.74, 6) is 3.42. The molecule has 2 aliphatic heterocycles. The Morgan fingerprint density at radius 3 is 2.69 bits per heavy atom. The van der Waals surface area contributed by atoms with Crippen molar-refractivity contribution in [2.24, 2.45) is 17.8 Å². The lowest BCUT2D eigenvalue weighted by Crippen LogP contribution is -2.38. The molecule has 0 radical (unpaired) electrons. The first-order chi connectivity index (χ1) is 12.5. The zero-order valence-corrected chi connectivity index (χ0v) is 15.8. The maximum absolute atomic E-state index is 12.6. The molecule has 142 valence electrons. The minimum absolute atomic E-state index is 0.148. The normalized spacial score (nSPS) is 25.6. The number of nitrogens with one attached hydrogen (secondary N) is 2. The van der Waals surface area contributed by atoms with E-state index in [0.717, 1.165) is 42.5 Å². The molecule has 3 aliphatic rings. The van der Waals surface area contributed by atoms with Crippen LogP contribution in [-0.2, 0) is 10.2 Å². The van der Waals surface area contributed by atoms with Crippen LogP contribution in [0.2, 0.25) is 0 Å². The Hall–Kier alpha value is -1.75. The number of fused-ring (bicyclic) bond motifs is 1. The molecule has 1 saturated heterocycles. The van der Waals surface area contributed by atoms with Gasteiger partial charge in [0.2, 0.25) is 5.91 Å². The summed E-state index contributed by atoms with van der Waals surface area (Å²) in [6.07, 6.45) is 3.51. The fourth-order valence-electron chi connectivity index (χ4n) is 4.32. The van der Waals surface area contributed by atoms with Crippen LogP contribution in [0, 0.1) is 17.8 Å². The molecule has 2 heterocycles. The number of hydrogen-bond donors (Lipinski definition) is 2. The number of ether oxygens (including phenoxy) is 2. The number of carbonyl (C=O) groups excluding carboxylic acids is 1. The van der Waals surface area contributed by atoms with Gasteiger partial charge in [0.1, 0.15) is 13.2 Å². The third kappa shape index (κ3) is 3.68. The van der Waals surface area contributed by atoms with Gasteiger partial charge in [-0.15, -0.1) is 0 Å². The Balaban J connectivity index is 1.32. The van der Waals surface area contributed by atoms with E-state index < -0.39 is 0 Å². The summed E-state index contributed by atoms with van der Waals surface area (Å²) in [5, 5.41) is 6.61. The quantitative estimate of drug-likeness (QED) is 0.849. The number of benzene rings is 1. The van der Waals surface area contributed by atoms with Crippen molar-refractivity contribution in [1.29, 1.82) is 0 Å². The number of hydrogen-bond acceptors (Lipinski definition) is 4. The van der Waals surface area contributed by atoms with Gasteiger partial charge < -0.3 is 20.1 Å². The molecule has 1 aromatic rings. The van der Waals surface area contributed by atoms with E-state index in [1.165, 1.54) is 12.8 Å². The van der Waals surface area contributed by atoms with Gasteiger partial charge in [0.25, 0.3) is 0 Å². The maximum Gasteiger partial charge on any atom is 0.223 e. The molecule has 2 fully saturated rings. The minimum Gasteiger partial charge on any atom is -0.486 e. The van der Waals surface area contributed by atoms with Crippen LogP contribution in [0.1, 0.15) is 38.7 Å². The summed E-state index contributed by atoms with van der Waals surface area (Å²) < 4.78 is 11.3. The van der Waals surface area contributed by atoms with Crippen molar-refractivity contribution in [1.82, 2.24) is 10.6 Å². The first-order valence-electron chi connectivity index (χ1n) is 9.93. The maximum atomic E-state index is 12.6. The summed E-state index contributed by atoms with van der Waals surface area (Å²) in [7, 11) is 0. The van der Waals surface area contributed by atoms with Crippen molar-refractivity contribution in [3.8, 4) is 11.5 Å². The van der Waals surface area contributed by atoms with Crippen LogP contribution in [0.3, 0.4) is 0 Å². The zero-order chi connectivity index (χ0) is 18.1. The summed E-state index contributed by atoms with van der Waals surface area (Å²) in [4.78, 5) is 12.6. The van der Waals surface area contributed by atoms with Gasteiger partial charge in [-0.25, -0.2) is 0 Å². The third-order valence-corrected chi connectivity index (χ3v) is 6.19. The van der Waals surface area contributed by atoms with E-state index in [4.69, 9.17) is 9.47 Å². The van der Waals surface area contributed by atoms with E-state index in [-0.39, 0.29) is 17.2 Å². The van der Waals surface area contributed by atoms with Gasteiger partial charge >= 0.3 is 0 Å². The molecule has 2 atom stereocenters. The first kappa shape index (κ1) is 17.7. The standard InChI is InChI=1S/C21H30N2O3/c1-21(2,15-3-4-18-19(11-15)26-10-9-25-18)13-23-20(24)17-12-16(17)14-5-7-22-8-6-14/h3-4,11,14,16-17,22H,5-10,12-13H2,1-2H3,(H,23,24)/t16-,17+/m0/s1. The highest BCUT2D eigenvalue weighted by atomic mass is 16.6.